The Hall–Kier alpha value is -3.21. The number of nitrogens with zero attached hydrogens (tertiary/aromatic N) is 1. The minimum Gasteiger partial charge on any atom is -0.493 e. The number of carbonyl (C=O) groups is 1. The third-order valence-electron chi connectivity index (χ3n) is 5.03. The van der Waals surface area contributed by atoms with Crippen molar-refractivity contribution in [2.75, 3.05) is 20.8 Å². The fourth-order valence-corrected chi connectivity index (χ4v) is 3.66. The zero-order valence-corrected chi connectivity index (χ0v) is 15.5. The average Bonchev–Trinajstić information content (AvgIpc) is 3.09. The van der Waals surface area contributed by atoms with Crippen LogP contribution in [0.4, 0.5) is 0 Å². The number of ether oxygens (including phenoxy) is 2. The molecule has 1 aliphatic heterocycles. The van der Waals surface area contributed by atoms with E-state index in [1.165, 1.54) is 16.6 Å². The Morgan fingerprint density at radius 1 is 1.11 bits per heavy atom. The van der Waals surface area contributed by atoms with Crippen molar-refractivity contribution < 1.29 is 14.3 Å². The van der Waals surface area contributed by atoms with Gasteiger partial charge in [-0.25, -0.2) is 0 Å². The highest BCUT2D eigenvalue weighted by molar-refractivity contribution is 5.93. The molecule has 0 atom stereocenters. The van der Waals surface area contributed by atoms with Crippen molar-refractivity contribution in [3.63, 3.8) is 0 Å². The summed E-state index contributed by atoms with van der Waals surface area (Å²) in [5.41, 5.74) is 4.40. The molecule has 138 valence electrons. The minimum atomic E-state index is -0.00389. The van der Waals surface area contributed by atoms with Crippen LogP contribution in [0, 0.1) is 0 Å². The van der Waals surface area contributed by atoms with Crippen LogP contribution >= 0.6 is 0 Å². The van der Waals surface area contributed by atoms with Gasteiger partial charge in [0.25, 0.3) is 0 Å². The molecular formula is C22H22N2O3. The van der Waals surface area contributed by atoms with Gasteiger partial charge in [0.15, 0.2) is 11.5 Å². The van der Waals surface area contributed by atoms with E-state index in [9.17, 15) is 4.79 Å². The predicted molar refractivity (Wildman–Crippen MR) is 106 cm³/mol. The second-order valence-corrected chi connectivity index (χ2v) is 6.55. The first-order valence-electron chi connectivity index (χ1n) is 8.97. The van der Waals surface area contributed by atoms with E-state index in [1.807, 2.05) is 35.2 Å². The lowest BCUT2D eigenvalue weighted by Gasteiger charge is -2.26. The number of para-hydroxylation sites is 2. The van der Waals surface area contributed by atoms with Gasteiger partial charge in [-0.05, 0) is 18.2 Å². The van der Waals surface area contributed by atoms with E-state index in [4.69, 9.17) is 9.47 Å². The topological polar surface area (TPSA) is 54.6 Å². The number of hydrogen-bond acceptors (Lipinski definition) is 3. The molecule has 1 N–H and O–H groups in total. The number of methoxy groups -OCH3 is 2. The number of amides is 1. The molecule has 0 bridgehead atoms. The number of benzene rings is 2. The van der Waals surface area contributed by atoms with Crippen LogP contribution in [0.15, 0.2) is 48.5 Å². The molecule has 0 unspecified atom stereocenters. The normalized spacial score (nSPS) is 13.8. The lowest BCUT2D eigenvalue weighted by Crippen LogP contribution is -2.34. The van der Waals surface area contributed by atoms with Gasteiger partial charge in [0, 0.05) is 53.3 Å². The highest BCUT2D eigenvalue weighted by Gasteiger charge is 2.22. The molecule has 5 nitrogen and oxygen atoms in total. The summed E-state index contributed by atoms with van der Waals surface area (Å²) in [6, 6.07) is 13.9. The van der Waals surface area contributed by atoms with Gasteiger partial charge in [-0.3, -0.25) is 4.79 Å². The van der Waals surface area contributed by atoms with Crippen molar-refractivity contribution in [1.82, 2.24) is 9.88 Å². The molecule has 4 rings (SSSR count). The summed E-state index contributed by atoms with van der Waals surface area (Å²) < 4.78 is 10.7. The molecule has 0 spiro atoms. The average molecular weight is 362 g/mol. The fourth-order valence-electron chi connectivity index (χ4n) is 3.66. The van der Waals surface area contributed by atoms with Crippen molar-refractivity contribution in [1.29, 1.82) is 0 Å². The molecule has 3 aromatic rings. The maximum absolute atomic E-state index is 12.8. The molecule has 0 saturated carbocycles. The minimum absolute atomic E-state index is 0.00389. The first-order chi connectivity index (χ1) is 13.2. The van der Waals surface area contributed by atoms with Crippen molar-refractivity contribution in [3.05, 3.63) is 65.4 Å². The fraction of sp³-hybridized carbons (Fsp3) is 0.227. The van der Waals surface area contributed by atoms with E-state index in [0.29, 0.717) is 24.6 Å². The standard InChI is InChI=1S/C22H22N2O3/c1-26-20-9-5-6-15(22(20)27-2)10-11-21(25)24-13-12-19-17(14-24)16-7-3-4-8-18(16)23-19/h3-11,23H,12-14H2,1-2H3/b11-10+. The SMILES string of the molecule is COc1cccc(/C=C/C(=O)N2CCc3[nH]c4ccccc4c3C2)c1OC. The Balaban J connectivity index is 1.55. The Kier molecular flexibility index (Phi) is 4.59. The molecule has 1 aromatic heterocycles. The molecule has 1 aliphatic rings. The summed E-state index contributed by atoms with van der Waals surface area (Å²) in [5.74, 6) is 1.27. The van der Waals surface area contributed by atoms with Crippen LogP contribution in [0.5, 0.6) is 11.5 Å². The maximum atomic E-state index is 12.8. The molecule has 0 fully saturated rings. The number of fused-ring (bicyclic) bond motifs is 3. The third-order valence-corrected chi connectivity index (χ3v) is 5.03. The van der Waals surface area contributed by atoms with Crippen LogP contribution in [0.3, 0.4) is 0 Å². The molecule has 2 aromatic carbocycles. The smallest absolute Gasteiger partial charge is 0.246 e. The number of H-pyrrole nitrogens is 1. The van der Waals surface area contributed by atoms with Gasteiger partial charge in [-0.2, -0.15) is 0 Å². The zero-order chi connectivity index (χ0) is 18.8. The van der Waals surface area contributed by atoms with Gasteiger partial charge in [0.2, 0.25) is 5.91 Å². The van der Waals surface area contributed by atoms with Crippen LogP contribution in [-0.2, 0) is 17.8 Å². The van der Waals surface area contributed by atoms with Gasteiger partial charge in [-0.15, -0.1) is 0 Å². The maximum Gasteiger partial charge on any atom is 0.246 e. The quantitative estimate of drug-likeness (QED) is 0.719. The Bertz CT molecular complexity index is 1020. The van der Waals surface area contributed by atoms with Gasteiger partial charge >= 0.3 is 0 Å². The van der Waals surface area contributed by atoms with Crippen molar-refractivity contribution in [2.24, 2.45) is 0 Å². The summed E-state index contributed by atoms with van der Waals surface area (Å²) in [6.07, 6.45) is 4.23. The third kappa shape index (κ3) is 3.16. The van der Waals surface area contributed by atoms with Crippen LogP contribution in [0.2, 0.25) is 0 Å². The van der Waals surface area contributed by atoms with E-state index in [0.717, 1.165) is 17.5 Å². The van der Waals surface area contributed by atoms with Crippen LogP contribution in [0.25, 0.3) is 17.0 Å². The Morgan fingerprint density at radius 2 is 1.96 bits per heavy atom. The first-order valence-corrected chi connectivity index (χ1v) is 8.97. The first kappa shape index (κ1) is 17.2. The Labute approximate surface area is 158 Å². The number of carbonyl (C=O) groups excluding carboxylic acids is 1. The van der Waals surface area contributed by atoms with Crippen LogP contribution in [-0.4, -0.2) is 36.6 Å². The van der Waals surface area contributed by atoms with E-state index >= 15 is 0 Å². The number of aromatic nitrogens is 1. The summed E-state index contributed by atoms with van der Waals surface area (Å²) in [5, 5.41) is 1.20. The Morgan fingerprint density at radius 3 is 2.78 bits per heavy atom. The van der Waals surface area contributed by atoms with Crippen molar-refractivity contribution in [3.8, 4) is 11.5 Å². The van der Waals surface area contributed by atoms with Gasteiger partial charge in [0.05, 0.1) is 14.2 Å². The number of aromatic amines is 1. The highest BCUT2D eigenvalue weighted by atomic mass is 16.5. The molecule has 5 heteroatoms. The summed E-state index contributed by atoms with van der Waals surface area (Å²) >= 11 is 0. The van der Waals surface area contributed by atoms with Crippen molar-refractivity contribution >= 4 is 22.9 Å². The van der Waals surface area contributed by atoms with Gasteiger partial charge < -0.3 is 19.4 Å². The second kappa shape index (κ2) is 7.19. The summed E-state index contributed by atoms with van der Waals surface area (Å²) in [4.78, 5) is 18.1. The molecule has 0 aliphatic carbocycles. The predicted octanol–water partition coefficient (Wildman–Crippen LogP) is 3.78. The molecular weight excluding hydrogens is 340 g/mol. The second-order valence-electron chi connectivity index (χ2n) is 6.55. The zero-order valence-electron chi connectivity index (χ0n) is 15.5. The van der Waals surface area contributed by atoms with Gasteiger partial charge in [0.1, 0.15) is 0 Å². The highest BCUT2D eigenvalue weighted by Crippen LogP contribution is 2.32. The molecule has 1 amide bonds. The summed E-state index contributed by atoms with van der Waals surface area (Å²) in [7, 11) is 3.20. The van der Waals surface area contributed by atoms with Crippen LogP contribution < -0.4 is 9.47 Å². The number of nitrogens with one attached hydrogen (secondary N) is 1. The van der Waals surface area contributed by atoms with Crippen molar-refractivity contribution in [2.45, 2.75) is 13.0 Å². The molecule has 0 saturated heterocycles. The van der Waals surface area contributed by atoms with Crippen LogP contribution in [0.1, 0.15) is 16.8 Å². The number of hydrogen-bond donors (Lipinski definition) is 1. The van der Waals surface area contributed by atoms with E-state index in [-0.39, 0.29) is 5.91 Å². The molecule has 27 heavy (non-hydrogen) atoms. The largest absolute Gasteiger partial charge is 0.493 e. The summed E-state index contributed by atoms with van der Waals surface area (Å²) in [6.45, 7) is 1.33. The van der Waals surface area contributed by atoms with E-state index in [1.54, 1.807) is 26.4 Å². The van der Waals surface area contributed by atoms with E-state index < -0.39 is 0 Å². The van der Waals surface area contributed by atoms with Gasteiger partial charge in [-0.1, -0.05) is 30.3 Å². The monoisotopic (exact) mass is 362 g/mol. The lowest BCUT2D eigenvalue weighted by atomic mass is 10.0. The van der Waals surface area contributed by atoms with E-state index in [2.05, 4.69) is 17.1 Å². The molecule has 0 radical (unpaired) electrons. The lowest BCUT2D eigenvalue weighted by molar-refractivity contribution is -0.126. The molecule has 2 heterocycles. The number of rotatable bonds is 4.